The summed E-state index contributed by atoms with van der Waals surface area (Å²) in [5.74, 6) is 1.50. The van der Waals surface area contributed by atoms with Crippen LogP contribution in [0.2, 0.25) is 0 Å². The average molecular weight is 325 g/mol. The number of halogens is 1. The molecule has 19 heavy (non-hydrogen) atoms. The van der Waals surface area contributed by atoms with Crippen molar-refractivity contribution in [2.45, 2.75) is 33.1 Å². The summed E-state index contributed by atoms with van der Waals surface area (Å²) < 4.78 is 6.08. The number of allylic oxidation sites excluding steroid dienone is 1. The largest absolute Gasteiger partial charge is 0.508 e. The molecule has 0 radical (unpaired) electrons. The van der Waals surface area contributed by atoms with Gasteiger partial charge in [0.2, 0.25) is 0 Å². The molecule has 2 nitrogen and oxygen atoms in total. The second-order valence-electron chi connectivity index (χ2n) is 6.02. The van der Waals surface area contributed by atoms with Gasteiger partial charge >= 0.3 is 0 Å². The molecule has 0 aromatic heterocycles. The Bertz CT molecular complexity index is 506. The van der Waals surface area contributed by atoms with Crippen LogP contribution in [0.5, 0.6) is 11.5 Å². The standard InChI is InChI=1S/C16H21BrO2/c1-10-5-6-16(2,3)12(10)7-11-8-15(19-4)13(17)9-14(11)18/h8-9,12,18H,1,5-7H2,2-4H3. The first-order valence-electron chi connectivity index (χ1n) is 6.58. The minimum Gasteiger partial charge on any atom is -0.508 e. The minimum absolute atomic E-state index is 0.254. The first-order chi connectivity index (χ1) is 8.85. The molecule has 3 heteroatoms. The predicted octanol–water partition coefficient (Wildman–Crippen LogP) is 4.70. The highest BCUT2D eigenvalue weighted by molar-refractivity contribution is 9.10. The van der Waals surface area contributed by atoms with Crippen molar-refractivity contribution in [2.75, 3.05) is 7.11 Å². The summed E-state index contributed by atoms with van der Waals surface area (Å²) in [7, 11) is 1.64. The van der Waals surface area contributed by atoms with Gasteiger partial charge in [-0.2, -0.15) is 0 Å². The van der Waals surface area contributed by atoms with E-state index in [1.165, 1.54) is 12.0 Å². The second kappa shape index (κ2) is 5.20. The quantitative estimate of drug-likeness (QED) is 0.817. The second-order valence-corrected chi connectivity index (χ2v) is 6.87. The number of benzene rings is 1. The van der Waals surface area contributed by atoms with Crippen LogP contribution in [0, 0.1) is 11.3 Å². The van der Waals surface area contributed by atoms with Crippen LogP contribution in [0.1, 0.15) is 32.3 Å². The molecule has 0 saturated heterocycles. The lowest BCUT2D eigenvalue weighted by Crippen LogP contribution is -2.20. The number of phenolic OH excluding ortho intramolecular Hbond substituents is 1. The molecule has 104 valence electrons. The van der Waals surface area contributed by atoms with Crippen LogP contribution in [-0.4, -0.2) is 12.2 Å². The maximum atomic E-state index is 10.1. The van der Waals surface area contributed by atoms with E-state index in [0.717, 1.165) is 28.6 Å². The molecule has 1 atom stereocenters. The predicted molar refractivity (Wildman–Crippen MR) is 81.7 cm³/mol. The number of ether oxygens (including phenoxy) is 1. The Labute approximate surface area is 123 Å². The molecule has 1 unspecified atom stereocenters. The van der Waals surface area contributed by atoms with Crippen molar-refractivity contribution in [2.24, 2.45) is 11.3 Å². The van der Waals surface area contributed by atoms with Crippen molar-refractivity contribution in [3.05, 3.63) is 34.3 Å². The van der Waals surface area contributed by atoms with Gasteiger partial charge in [-0.05, 0) is 64.2 Å². The Kier molecular flexibility index (Phi) is 3.95. The Morgan fingerprint density at radius 2 is 2.16 bits per heavy atom. The highest BCUT2D eigenvalue weighted by atomic mass is 79.9. The minimum atomic E-state index is 0.254. The summed E-state index contributed by atoms with van der Waals surface area (Å²) in [6.45, 7) is 8.76. The molecule has 0 bridgehead atoms. The molecule has 1 fully saturated rings. The van der Waals surface area contributed by atoms with Crippen LogP contribution in [-0.2, 0) is 6.42 Å². The number of phenols is 1. The van der Waals surface area contributed by atoms with Gasteiger partial charge in [0.15, 0.2) is 0 Å². The molecular formula is C16H21BrO2. The lowest BCUT2D eigenvalue weighted by atomic mass is 9.77. The van der Waals surface area contributed by atoms with Crippen LogP contribution in [0.25, 0.3) is 0 Å². The van der Waals surface area contributed by atoms with Crippen LogP contribution in [0.4, 0.5) is 0 Å². The molecule has 0 heterocycles. The van der Waals surface area contributed by atoms with E-state index < -0.39 is 0 Å². The highest BCUT2D eigenvalue weighted by Crippen LogP contribution is 2.48. The van der Waals surface area contributed by atoms with Gasteiger partial charge in [0.25, 0.3) is 0 Å². The molecule has 1 aromatic rings. The van der Waals surface area contributed by atoms with E-state index in [-0.39, 0.29) is 5.41 Å². The van der Waals surface area contributed by atoms with E-state index in [9.17, 15) is 5.11 Å². The summed E-state index contributed by atoms with van der Waals surface area (Å²) in [5.41, 5.74) is 2.48. The maximum Gasteiger partial charge on any atom is 0.133 e. The lowest BCUT2D eigenvalue weighted by molar-refractivity contribution is 0.278. The van der Waals surface area contributed by atoms with Gasteiger partial charge in [-0.15, -0.1) is 0 Å². The van der Waals surface area contributed by atoms with E-state index in [1.807, 2.05) is 6.07 Å². The SMILES string of the molecule is C=C1CCC(C)(C)C1Cc1cc(OC)c(Br)cc1O. The first-order valence-corrected chi connectivity index (χ1v) is 7.37. The van der Waals surface area contributed by atoms with Gasteiger partial charge in [0, 0.05) is 0 Å². The number of methoxy groups -OCH3 is 1. The zero-order valence-corrected chi connectivity index (χ0v) is 13.4. The van der Waals surface area contributed by atoms with E-state index in [2.05, 4.69) is 36.4 Å². The summed E-state index contributed by atoms with van der Waals surface area (Å²) in [6.07, 6.45) is 3.08. The fourth-order valence-corrected chi connectivity index (χ4v) is 3.42. The third-order valence-electron chi connectivity index (χ3n) is 4.30. The molecule has 0 spiro atoms. The molecule has 1 aliphatic carbocycles. The van der Waals surface area contributed by atoms with Crippen molar-refractivity contribution < 1.29 is 9.84 Å². The smallest absolute Gasteiger partial charge is 0.133 e. The Morgan fingerprint density at radius 1 is 1.47 bits per heavy atom. The molecule has 1 saturated carbocycles. The molecule has 0 amide bonds. The van der Waals surface area contributed by atoms with Gasteiger partial charge in [0.05, 0.1) is 11.6 Å². The van der Waals surface area contributed by atoms with E-state index >= 15 is 0 Å². The molecule has 1 N–H and O–H groups in total. The van der Waals surface area contributed by atoms with Crippen LogP contribution >= 0.6 is 15.9 Å². The van der Waals surface area contributed by atoms with Gasteiger partial charge in [-0.1, -0.05) is 26.0 Å². The lowest BCUT2D eigenvalue weighted by Gasteiger charge is -2.28. The van der Waals surface area contributed by atoms with Crippen LogP contribution in [0.15, 0.2) is 28.8 Å². The number of rotatable bonds is 3. The van der Waals surface area contributed by atoms with E-state index in [0.29, 0.717) is 11.7 Å². The molecule has 2 rings (SSSR count). The van der Waals surface area contributed by atoms with Gasteiger partial charge in [-0.25, -0.2) is 0 Å². The van der Waals surface area contributed by atoms with E-state index in [4.69, 9.17) is 4.74 Å². The topological polar surface area (TPSA) is 29.5 Å². The van der Waals surface area contributed by atoms with Crippen molar-refractivity contribution in [1.29, 1.82) is 0 Å². The summed E-state index contributed by atoms with van der Waals surface area (Å²) >= 11 is 3.39. The Hall–Kier alpha value is -0.960. The fourth-order valence-electron chi connectivity index (χ4n) is 2.93. The van der Waals surface area contributed by atoms with Gasteiger partial charge in [-0.3, -0.25) is 0 Å². The molecule has 0 aliphatic heterocycles. The maximum absolute atomic E-state index is 10.1. The van der Waals surface area contributed by atoms with Crippen LogP contribution < -0.4 is 4.74 Å². The van der Waals surface area contributed by atoms with Crippen molar-refractivity contribution in [3.8, 4) is 11.5 Å². The Morgan fingerprint density at radius 3 is 2.68 bits per heavy atom. The zero-order valence-electron chi connectivity index (χ0n) is 11.8. The first kappa shape index (κ1) is 14.4. The summed E-state index contributed by atoms with van der Waals surface area (Å²) in [4.78, 5) is 0. The van der Waals surface area contributed by atoms with Gasteiger partial charge < -0.3 is 9.84 Å². The summed E-state index contributed by atoms with van der Waals surface area (Å²) in [6, 6.07) is 3.62. The zero-order chi connectivity index (χ0) is 14.2. The third kappa shape index (κ3) is 2.81. The average Bonchev–Trinajstić information content (AvgIpc) is 2.59. The number of hydrogen-bond acceptors (Lipinski definition) is 2. The number of hydrogen-bond donors (Lipinski definition) is 1. The molecule has 1 aromatic carbocycles. The summed E-state index contributed by atoms with van der Waals surface area (Å²) in [5, 5.41) is 10.1. The van der Waals surface area contributed by atoms with E-state index in [1.54, 1.807) is 13.2 Å². The molecular weight excluding hydrogens is 304 g/mol. The Balaban J connectivity index is 2.31. The monoisotopic (exact) mass is 324 g/mol. The van der Waals surface area contributed by atoms with Gasteiger partial charge in [0.1, 0.15) is 11.5 Å². The fraction of sp³-hybridized carbons (Fsp3) is 0.500. The normalized spacial score (nSPS) is 21.7. The van der Waals surface area contributed by atoms with Crippen LogP contribution in [0.3, 0.4) is 0 Å². The number of aromatic hydroxyl groups is 1. The third-order valence-corrected chi connectivity index (χ3v) is 4.92. The van der Waals surface area contributed by atoms with Crippen molar-refractivity contribution >= 4 is 15.9 Å². The highest BCUT2D eigenvalue weighted by Gasteiger charge is 2.37. The van der Waals surface area contributed by atoms with Crippen molar-refractivity contribution in [1.82, 2.24) is 0 Å². The molecule has 1 aliphatic rings. The van der Waals surface area contributed by atoms with Crippen molar-refractivity contribution in [3.63, 3.8) is 0 Å².